The molecular formula is C15H21NO4. The minimum Gasteiger partial charge on any atom is -0.496 e. The van der Waals surface area contributed by atoms with Crippen molar-refractivity contribution in [2.45, 2.75) is 31.5 Å². The molecule has 110 valence electrons. The molecule has 1 saturated heterocycles. The lowest BCUT2D eigenvalue weighted by Gasteiger charge is -2.13. The van der Waals surface area contributed by atoms with Gasteiger partial charge in [-0.1, -0.05) is 18.2 Å². The molecule has 0 aromatic heterocycles. The van der Waals surface area contributed by atoms with Crippen LogP contribution in [0.2, 0.25) is 0 Å². The van der Waals surface area contributed by atoms with Crippen molar-refractivity contribution in [1.29, 1.82) is 0 Å². The summed E-state index contributed by atoms with van der Waals surface area (Å²) in [6.45, 7) is 1.51. The topological polar surface area (TPSA) is 67.8 Å². The number of carboxylic acid groups (broad SMARTS) is 1. The molecule has 1 aliphatic heterocycles. The van der Waals surface area contributed by atoms with Crippen LogP contribution in [0.25, 0.3) is 0 Å². The van der Waals surface area contributed by atoms with Crippen molar-refractivity contribution in [3.8, 4) is 5.75 Å². The predicted octanol–water partition coefficient (Wildman–Crippen LogP) is 1.46. The predicted molar refractivity (Wildman–Crippen MR) is 75.1 cm³/mol. The van der Waals surface area contributed by atoms with Gasteiger partial charge in [0.1, 0.15) is 5.75 Å². The molecule has 0 bridgehead atoms. The summed E-state index contributed by atoms with van der Waals surface area (Å²) in [7, 11) is 1.67. The lowest BCUT2D eigenvalue weighted by Crippen LogP contribution is -2.30. The van der Waals surface area contributed by atoms with Gasteiger partial charge in [-0.25, -0.2) is 4.79 Å². The van der Waals surface area contributed by atoms with Crippen LogP contribution < -0.4 is 10.1 Å². The van der Waals surface area contributed by atoms with Crippen molar-refractivity contribution in [2.75, 3.05) is 20.2 Å². The quantitative estimate of drug-likeness (QED) is 0.740. The zero-order valence-corrected chi connectivity index (χ0v) is 11.7. The highest BCUT2D eigenvalue weighted by Crippen LogP contribution is 2.19. The smallest absolute Gasteiger partial charge is 0.332 e. The number of para-hydroxylation sites is 1. The van der Waals surface area contributed by atoms with Crippen molar-refractivity contribution >= 4 is 5.97 Å². The fourth-order valence-corrected chi connectivity index (χ4v) is 2.43. The van der Waals surface area contributed by atoms with Gasteiger partial charge in [0.15, 0.2) is 6.10 Å². The van der Waals surface area contributed by atoms with Gasteiger partial charge in [0, 0.05) is 6.54 Å². The largest absolute Gasteiger partial charge is 0.496 e. The van der Waals surface area contributed by atoms with E-state index < -0.39 is 12.1 Å². The van der Waals surface area contributed by atoms with E-state index in [4.69, 9.17) is 14.6 Å². The lowest BCUT2D eigenvalue weighted by atomic mass is 10.1. The average Bonchev–Trinajstić information content (AvgIpc) is 2.93. The average molecular weight is 279 g/mol. The summed E-state index contributed by atoms with van der Waals surface area (Å²) in [6.07, 6.45) is 1.66. The molecule has 0 saturated carbocycles. The van der Waals surface area contributed by atoms with Crippen molar-refractivity contribution < 1.29 is 19.4 Å². The molecule has 0 radical (unpaired) electrons. The molecule has 20 heavy (non-hydrogen) atoms. The Kier molecular flexibility index (Phi) is 5.38. The third-order valence-corrected chi connectivity index (χ3v) is 3.52. The Morgan fingerprint density at radius 3 is 2.95 bits per heavy atom. The summed E-state index contributed by atoms with van der Waals surface area (Å²) in [6, 6.07) is 7.95. The van der Waals surface area contributed by atoms with Crippen molar-refractivity contribution in [1.82, 2.24) is 5.32 Å². The Morgan fingerprint density at radius 2 is 2.25 bits per heavy atom. The normalized spacial score (nSPS) is 21.9. The van der Waals surface area contributed by atoms with Crippen LogP contribution in [0.1, 0.15) is 18.4 Å². The molecule has 2 rings (SSSR count). The SMILES string of the molecule is COc1ccccc1CCNCC1CCC(C(=O)O)O1. The molecule has 2 unspecified atom stereocenters. The molecule has 1 aliphatic rings. The van der Waals surface area contributed by atoms with Gasteiger partial charge in [0.25, 0.3) is 0 Å². The molecular weight excluding hydrogens is 258 g/mol. The Hall–Kier alpha value is -1.59. The van der Waals surface area contributed by atoms with Gasteiger partial charge in [-0.2, -0.15) is 0 Å². The lowest BCUT2D eigenvalue weighted by molar-refractivity contribution is -0.149. The van der Waals surface area contributed by atoms with E-state index in [1.807, 2.05) is 24.3 Å². The van der Waals surface area contributed by atoms with Crippen molar-refractivity contribution in [3.63, 3.8) is 0 Å². The van der Waals surface area contributed by atoms with E-state index in [9.17, 15) is 4.79 Å². The first-order chi connectivity index (χ1) is 9.70. The minimum atomic E-state index is -0.860. The summed E-state index contributed by atoms with van der Waals surface area (Å²) in [4.78, 5) is 10.8. The van der Waals surface area contributed by atoms with Gasteiger partial charge in [-0.3, -0.25) is 0 Å². The zero-order valence-electron chi connectivity index (χ0n) is 11.7. The number of carboxylic acids is 1. The fourth-order valence-electron chi connectivity index (χ4n) is 2.43. The number of rotatable bonds is 7. The maximum atomic E-state index is 10.8. The number of hydrogen-bond donors (Lipinski definition) is 2. The molecule has 2 N–H and O–H groups in total. The molecule has 0 amide bonds. The molecule has 0 aliphatic carbocycles. The molecule has 1 heterocycles. The summed E-state index contributed by atoms with van der Waals surface area (Å²) in [5, 5.41) is 12.2. The third kappa shape index (κ3) is 3.95. The molecule has 1 aromatic rings. The second-order valence-electron chi connectivity index (χ2n) is 4.93. The Bertz CT molecular complexity index is 449. The van der Waals surface area contributed by atoms with Crippen LogP contribution in [-0.2, 0) is 16.0 Å². The van der Waals surface area contributed by atoms with Crippen LogP contribution in [0.3, 0.4) is 0 Å². The Balaban J connectivity index is 1.68. The fraction of sp³-hybridized carbons (Fsp3) is 0.533. The van der Waals surface area contributed by atoms with Crippen molar-refractivity contribution in [3.05, 3.63) is 29.8 Å². The molecule has 5 heteroatoms. The van der Waals surface area contributed by atoms with Gasteiger partial charge in [-0.15, -0.1) is 0 Å². The van der Waals surface area contributed by atoms with Gasteiger partial charge >= 0.3 is 5.97 Å². The second-order valence-corrected chi connectivity index (χ2v) is 4.93. The van der Waals surface area contributed by atoms with E-state index in [0.29, 0.717) is 13.0 Å². The number of aliphatic carboxylic acids is 1. The number of nitrogens with one attached hydrogen (secondary N) is 1. The second kappa shape index (κ2) is 7.26. The molecule has 1 fully saturated rings. The van der Waals surface area contributed by atoms with E-state index >= 15 is 0 Å². The Labute approximate surface area is 118 Å². The van der Waals surface area contributed by atoms with E-state index in [-0.39, 0.29) is 6.10 Å². The first kappa shape index (κ1) is 14.8. The number of methoxy groups -OCH3 is 1. The maximum absolute atomic E-state index is 10.8. The Morgan fingerprint density at radius 1 is 1.45 bits per heavy atom. The maximum Gasteiger partial charge on any atom is 0.332 e. The highest BCUT2D eigenvalue weighted by atomic mass is 16.5. The summed E-state index contributed by atoms with van der Waals surface area (Å²) in [5.41, 5.74) is 1.17. The van der Waals surface area contributed by atoms with Gasteiger partial charge < -0.3 is 19.9 Å². The first-order valence-corrected chi connectivity index (χ1v) is 6.91. The molecule has 1 aromatic carbocycles. The van der Waals surface area contributed by atoms with E-state index in [2.05, 4.69) is 5.32 Å². The molecule has 5 nitrogen and oxygen atoms in total. The number of ether oxygens (including phenoxy) is 2. The van der Waals surface area contributed by atoms with Crippen LogP contribution in [0.15, 0.2) is 24.3 Å². The van der Waals surface area contributed by atoms with Crippen molar-refractivity contribution in [2.24, 2.45) is 0 Å². The number of benzene rings is 1. The van der Waals surface area contributed by atoms with Crippen LogP contribution in [0.5, 0.6) is 5.75 Å². The monoisotopic (exact) mass is 279 g/mol. The molecule has 0 spiro atoms. The van der Waals surface area contributed by atoms with Gasteiger partial charge in [0.2, 0.25) is 0 Å². The summed E-state index contributed by atoms with van der Waals surface area (Å²) >= 11 is 0. The summed E-state index contributed by atoms with van der Waals surface area (Å²) < 4.78 is 10.7. The van der Waals surface area contributed by atoms with E-state index in [1.54, 1.807) is 7.11 Å². The van der Waals surface area contributed by atoms with Gasteiger partial charge in [-0.05, 0) is 37.4 Å². The zero-order chi connectivity index (χ0) is 14.4. The van der Waals surface area contributed by atoms with Crippen LogP contribution in [0.4, 0.5) is 0 Å². The van der Waals surface area contributed by atoms with Gasteiger partial charge in [0.05, 0.1) is 13.2 Å². The summed E-state index contributed by atoms with van der Waals surface area (Å²) in [5.74, 6) is 0.0406. The van der Waals surface area contributed by atoms with Crippen LogP contribution in [0, 0.1) is 0 Å². The molecule has 2 atom stereocenters. The third-order valence-electron chi connectivity index (χ3n) is 3.52. The highest BCUT2D eigenvalue weighted by molar-refractivity contribution is 5.72. The minimum absolute atomic E-state index is 0.00812. The standard InChI is InChI=1S/C15H21NO4/c1-19-13-5-3-2-4-11(13)8-9-16-10-12-6-7-14(20-12)15(17)18/h2-5,12,14,16H,6-10H2,1H3,(H,17,18). The number of carbonyl (C=O) groups is 1. The van der Waals surface area contributed by atoms with Crippen LogP contribution >= 0.6 is 0 Å². The van der Waals surface area contributed by atoms with E-state index in [0.717, 1.165) is 25.1 Å². The number of hydrogen-bond acceptors (Lipinski definition) is 4. The van der Waals surface area contributed by atoms with Crippen LogP contribution in [-0.4, -0.2) is 43.5 Å². The first-order valence-electron chi connectivity index (χ1n) is 6.91. The van der Waals surface area contributed by atoms with E-state index in [1.165, 1.54) is 5.56 Å². The highest BCUT2D eigenvalue weighted by Gasteiger charge is 2.29.